The second-order valence-corrected chi connectivity index (χ2v) is 35.1. The van der Waals surface area contributed by atoms with Gasteiger partial charge in [-0.05, 0) is 117 Å². The topological polar surface area (TPSA) is 277 Å². The van der Waals surface area contributed by atoms with Crippen LogP contribution < -0.4 is 0 Å². The third-order valence-electron chi connectivity index (χ3n) is 8.71. The van der Waals surface area contributed by atoms with Gasteiger partial charge in [-0.2, -0.15) is 8.78 Å². The van der Waals surface area contributed by atoms with Crippen molar-refractivity contribution in [3.05, 3.63) is 0 Å². The number of carbonyl (C=O) groups excluding carboxylic acids is 4. The molecule has 438 valence electrons. The van der Waals surface area contributed by atoms with Gasteiger partial charge in [0.2, 0.25) is 0 Å². The first-order valence-electron chi connectivity index (χ1n) is 22.5. The van der Waals surface area contributed by atoms with Gasteiger partial charge in [0, 0.05) is 11.2 Å². The van der Waals surface area contributed by atoms with Crippen molar-refractivity contribution < 1.29 is 85.8 Å². The lowest BCUT2D eigenvalue weighted by atomic mass is 9.91. The third-order valence-corrected chi connectivity index (χ3v) is 13.2. The van der Waals surface area contributed by atoms with Crippen LogP contribution in [0.5, 0.6) is 0 Å². The highest BCUT2D eigenvalue weighted by Gasteiger charge is 2.46. The van der Waals surface area contributed by atoms with E-state index in [9.17, 15) is 66.9 Å². The van der Waals surface area contributed by atoms with Crippen LogP contribution in [0.15, 0.2) is 0 Å². The van der Waals surface area contributed by atoms with Crippen molar-refractivity contribution in [3.63, 3.8) is 0 Å². The van der Waals surface area contributed by atoms with Crippen LogP contribution in [0.25, 0.3) is 0 Å². The van der Waals surface area contributed by atoms with Gasteiger partial charge in [0.25, 0.3) is 0 Å². The van der Waals surface area contributed by atoms with Crippen LogP contribution in [0.4, 0.5) is 8.78 Å². The first-order valence-corrected chi connectivity index (χ1v) is 36.6. The Kier molecular flexibility index (Phi) is 45.3. The molecule has 17 nitrogen and oxygen atoms in total. The van der Waals surface area contributed by atoms with E-state index >= 15 is 0 Å². The van der Waals surface area contributed by atoms with Crippen LogP contribution in [-0.2, 0) is 112 Å². The van der Waals surface area contributed by atoms with E-state index < -0.39 is 101 Å². The maximum atomic E-state index is 13.0. The van der Waals surface area contributed by atoms with E-state index in [1.807, 2.05) is 13.8 Å². The molecule has 0 bridgehead atoms. The molecule has 0 spiro atoms. The van der Waals surface area contributed by atoms with Crippen LogP contribution >= 0.6 is 0 Å². The maximum absolute atomic E-state index is 13.0. The summed E-state index contributed by atoms with van der Waals surface area (Å²) in [4.78, 5) is 45.8. The predicted molar refractivity (Wildman–Crippen MR) is 297 cm³/mol. The molecule has 0 aliphatic heterocycles. The summed E-state index contributed by atoms with van der Waals surface area (Å²) in [7, 11) is -12.0. The van der Waals surface area contributed by atoms with Gasteiger partial charge in [0.15, 0.2) is 29.4 Å². The van der Waals surface area contributed by atoms with Crippen molar-refractivity contribution in [3.8, 4) is 0 Å². The lowest BCUT2D eigenvalue weighted by Crippen LogP contribution is -2.42. The minimum absolute atomic E-state index is 0.267. The highest BCUT2D eigenvalue weighted by atomic mass is 32.2. The molecule has 1 atom stereocenters. The zero-order valence-electron chi connectivity index (χ0n) is 48.5. The van der Waals surface area contributed by atoms with Crippen molar-refractivity contribution in [2.75, 3.05) is 99.3 Å². The number of hydrogen-bond acceptors (Lipinski definition) is 17. The van der Waals surface area contributed by atoms with Crippen molar-refractivity contribution in [1.82, 2.24) is 0 Å². The SMILES string of the molecule is CCC(C)(C)C(=O)OCC(=O)OC(C)(C)CS(=O)(=O)[O-].CCC(C)(C)C(=O)OCC(=O)OC(C)C(F)(F)S(=O)(=O)[O-].CCC(C)(C)CS(=O)(=O)[O-].CCC(C)(C)C[S+](C)C.C[S+](C)C.C[S+](C)C.C[S+](C)C. The summed E-state index contributed by atoms with van der Waals surface area (Å²) < 4.78 is 138. The first kappa shape index (κ1) is 84.8. The number of esters is 4. The molecule has 0 fully saturated rings. The third kappa shape index (κ3) is 58.1. The molecule has 0 heterocycles. The molecule has 0 aliphatic rings. The summed E-state index contributed by atoms with van der Waals surface area (Å²) in [5.74, 6) is -3.31. The number of halogens is 2. The number of rotatable bonds is 20. The fourth-order valence-electron chi connectivity index (χ4n) is 3.69. The Bertz CT molecular complexity index is 1830. The fraction of sp³-hybridized carbons (Fsp3) is 0.913. The van der Waals surface area contributed by atoms with E-state index in [0.717, 1.165) is 0 Å². The molecule has 0 aliphatic carbocycles. The molecule has 1 unspecified atom stereocenters. The molecule has 0 aromatic heterocycles. The summed E-state index contributed by atoms with van der Waals surface area (Å²) in [6.45, 7) is 23.9. The first-order chi connectivity index (χ1) is 31.5. The highest BCUT2D eigenvalue weighted by Crippen LogP contribution is 2.28. The highest BCUT2D eigenvalue weighted by molar-refractivity contribution is 7.95. The van der Waals surface area contributed by atoms with Gasteiger partial charge in [-0.15, -0.1) is 0 Å². The molecule has 0 aromatic carbocycles. The van der Waals surface area contributed by atoms with Crippen LogP contribution in [0.2, 0.25) is 0 Å². The molecule has 0 radical (unpaired) electrons. The molecule has 0 rings (SSSR count). The Hall–Kier alpha value is -1.13. The Morgan fingerprint density at radius 3 is 1.01 bits per heavy atom. The number of hydrogen-bond donors (Lipinski definition) is 0. The fourth-order valence-corrected chi connectivity index (χ4v) is 7.98. The Morgan fingerprint density at radius 1 is 0.514 bits per heavy atom. The number of carbonyl (C=O) groups is 4. The molecular weight excluding hydrogens is 1090 g/mol. The summed E-state index contributed by atoms with van der Waals surface area (Å²) in [5, 5.41) is -4.77. The Labute approximate surface area is 448 Å². The normalized spacial score (nSPS) is 12.8. The molecule has 26 heteroatoms. The van der Waals surface area contributed by atoms with Gasteiger partial charge in [0.1, 0.15) is 11.4 Å². The minimum atomic E-state index is -5.97. The predicted octanol–water partition coefficient (Wildman–Crippen LogP) is 6.62. The summed E-state index contributed by atoms with van der Waals surface area (Å²) in [6.07, 6.45) is 24.9. The summed E-state index contributed by atoms with van der Waals surface area (Å²) in [6, 6.07) is 0. The van der Waals surface area contributed by atoms with Crippen molar-refractivity contribution in [2.45, 2.75) is 146 Å². The van der Waals surface area contributed by atoms with Gasteiger partial charge in [-0.3, -0.25) is 9.59 Å². The molecule has 0 saturated carbocycles. The average Bonchev–Trinajstić information content (AvgIpc) is 3.13. The molecule has 0 saturated heterocycles. The Balaban J connectivity index is -0.000000151. The van der Waals surface area contributed by atoms with E-state index in [-0.39, 0.29) is 11.2 Å². The maximum Gasteiger partial charge on any atom is 0.370 e. The van der Waals surface area contributed by atoms with Gasteiger partial charge in [-0.1, -0.05) is 61.8 Å². The molecule has 0 amide bonds. The van der Waals surface area contributed by atoms with Crippen LogP contribution in [-0.4, -0.2) is 179 Å². The van der Waals surface area contributed by atoms with Crippen molar-refractivity contribution in [1.29, 1.82) is 0 Å². The average molecular weight is 1180 g/mol. The van der Waals surface area contributed by atoms with Gasteiger partial charge in [0.05, 0.1) is 106 Å². The van der Waals surface area contributed by atoms with E-state index in [1.54, 1.807) is 48.5 Å². The molecular formula is C46H97F2O17S7+. The van der Waals surface area contributed by atoms with Crippen LogP contribution in [0.3, 0.4) is 0 Å². The molecule has 0 aromatic rings. The zero-order valence-corrected chi connectivity index (χ0v) is 54.2. The molecule has 0 N–H and O–H groups in total. The summed E-state index contributed by atoms with van der Waals surface area (Å²) >= 11 is 0. The second kappa shape index (κ2) is 38.4. The lowest BCUT2D eigenvalue weighted by Gasteiger charge is -2.26. The van der Waals surface area contributed by atoms with Gasteiger partial charge in [-0.25, -0.2) is 34.8 Å². The van der Waals surface area contributed by atoms with E-state index in [2.05, 4.69) is 99.1 Å². The standard InChI is InChI=1S/C12H22O7S.C11H18F2O7S.C8H19S.C6H14O3S.3C3H9S/c1-6-11(2,3)10(14)18-7-9(13)19-12(4,5)8-20(15,16)17;1-5-10(3,4)9(15)19-6-8(14)20-7(2)11(12,13)21(16,17)18;1-6-8(2,3)7-9(4)5;1-4-6(2,3)5-10(7,8)9;3*1-4(2)3/h6-8H2,1-5H3,(H,15,16,17);7H,5-6H2,1-4H3,(H,16,17,18);6-7H2,1-5H3;4-5H2,1-3H3,(H,7,8,9);3*1-3H3/q;;+1;;3*+1/p-3. The number of alkyl halides is 2. The summed E-state index contributed by atoms with van der Waals surface area (Å²) in [5.41, 5.74) is -2.85. The Morgan fingerprint density at radius 2 is 0.806 bits per heavy atom. The van der Waals surface area contributed by atoms with Gasteiger partial charge >= 0.3 is 29.1 Å². The smallest absolute Gasteiger partial charge is 0.370 e. The van der Waals surface area contributed by atoms with Crippen LogP contribution in [0.1, 0.15) is 130 Å². The van der Waals surface area contributed by atoms with E-state index in [4.69, 9.17) is 9.47 Å². The van der Waals surface area contributed by atoms with E-state index in [1.165, 1.54) is 26.0 Å². The number of ether oxygens (including phenoxy) is 4. The monoisotopic (exact) mass is 1180 g/mol. The van der Waals surface area contributed by atoms with Gasteiger partial charge < -0.3 is 32.6 Å². The van der Waals surface area contributed by atoms with E-state index in [0.29, 0.717) is 75.2 Å². The second-order valence-electron chi connectivity index (χ2n) is 21.3. The van der Waals surface area contributed by atoms with Crippen LogP contribution in [0, 0.1) is 21.7 Å². The quantitative estimate of drug-likeness (QED) is 0.0536. The minimum Gasteiger partial charge on any atom is -0.748 e. The molecule has 72 heavy (non-hydrogen) atoms. The van der Waals surface area contributed by atoms with Crippen molar-refractivity contribution >= 4 is 97.8 Å². The lowest BCUT2D eigenvalue weighted by molar-refractivity contribution is -0.173. The van der Waals surface area contributed by atoms with Crippen molar-refractivity contribution in [2.24, 2.45) is 21.7 Å². The zero-order chi connectivity index (χ0) is 59.9. The largest absolute Gasteiger partial charge is 0.748 e.